The number of anilines is 1. The molecule has 22 heavy (non-hydrogen) atoms. The predicted molar refractivity (Wildman–Crippen MR) is 93.5 cm³/mol. The van der Waals surface area contributed by atoms with Crippen molar-refractivity contribution in [2.75, 3.05) is 19.8 Å². The van der Waals surface area contributed by atoms with Crippen molar-refractivity contribution in [3.63, 3.8) is 0 Å². The summed E-state index contributed by atoms with van der Waals surface area (Å²) >= 11 is 4.56. The number of carbonyl (C=O) groups is 1. The van der Waals surface area contributed by atoms with Crippen molar-refractivity contribution >= 4 is 45.1 Å². The molecule has 1 aromatic carbocycles. The number of nitrogens with two attached hydrogens (primary N) is 1. The highest BCUT2D eigenvalue weighted by Crippen LogP contribution is 2.27. The van der Waals surface area contributed by atoms with Crippen LogP contribution in [0.1, 0.15) is 11.3 Å². The number of nitrogens with zero attached hydrogens (tertiary/aromatic N) is 4. The zero-order valence-electron chi connectivity index (χ0n) is 12.4. The van der Waals surface area contributed by atoms with Gasteiger partial charge < -0.3 is 10.6 Å². The number of nitrogen functional groups attached to an aromatic ring is 1. The van der Waals surface area contributed by atoms with Crippen LogP contribution >= 0.6 is 27.7 Å². The average molecular weight is 382 g/mol. The molecular formula is C14H16BrN5OS. The van der Waals surface area contributed by atoms with E-state index in [2.05, 4.69) is 26.0 Å². The largest absolute Gasteiger partial charge is 0.368 e. The van der Waals surface area contributed by atoms with E-state index in [0.29, 0.717) is 5.95 Å². The molecule has 0 bridgehead atoms. The lowest BCUT2D eigenvalue weighted by molar-refractivity contribution is 0.241. The molecule has 0 fully saturated rings. The van der Waals surface area contributed by atoms with Gasteiger partial charge in [-0.3, -0.25) is 4.79 Å². The van der Waals surface area contributed by atoms with Crippen LogP contribution in [0.4, 0.5) is 10.7 Å². The zero-order chi connectivity index (χ0) is 16.3. The van der Waals surface area contributed by atoms with Crippen LogP contribution in [0.5, 0.6) is 0 Å². The lowest BCUT2D eigenvalue weighted by Crippen LogP contribution is -2.16. The Bertz CT molecular complexity index is 726. The topological polar surface area (TPSA) is 76.5 Å². The molecule has 0 radical (unpaired) electrons. The highest BCUT2D eigenvalue weighted by Gasteiger charge is 2.11. The van der Waals surface area contributed by atoms with Crippen molar-refractivity contribution in [2.45, 2.75) is 11.8 Å². The summed E-state index contributed by atoms with van der Waals surface area (Å²) in [6.07, 6.45) is 3.40. The second-order valence-electron chi connectivity index (χ2n) is 4.77. The lowest BCUT2D eigenvalue weighted by Gasteiger charge is -2.11. The highest BCUT2D eigenvalue weighted by atomic mass is 79.9. The molecule has 2 N–H and O–H groups in total. The molecule has 0 saturated carbocycles. The molecule has 0 atom stereocenters. The molecule has 1 amide bonds. The Morgan fingerprint density at radius 2 is 2.23 bits per heavy atom. The second kappa shape index (κ2) is 6.97. The van der Waals surface area contributed by atoms with Crippen LogP contribution in [0.2, 0.25) is 0 Å². The van der Waals surface area contributed by atoms with E-state index in [-0.39, 0.29) is 5.24 Å². The highest BCUT2D eigenvalue weighted by molar-refractivity contribution is 9.10. The average Bonchev–Trinajstić information content (AvgIpc) is 2.76. The summed E-state index contributed by atoms with van der Waals surface area (Å²) in [6, 6.07) is 5.67. The van der Waals surface area contributed by atoms with E-state index in [9.17, 15) is 4.79 Å². The standard InChI is InChI=1S/C14H16BrN5OS/c1-9-8-20(13(16)18-9)17-7-10-4-5-11(15)6-12(10)22-14(21)19(2)3/h4-8H,1-3H3,(H2,16,18). The fourth-order valence-electron chi connectivity index (χ4n) is 1.61. The maximum atomic E-state index is 11.9. The minimum atomic E-state index is -0.0502. The van der Waals surface area contributed by atoms with E-state index >= 15 is 0 Å². The number of imidazole rings is 1. The molecule has 1 heterocycles. The van der Waals surface area contributed by atoms with Gasteiger partial charge in [-0.25, -0.2) is 9.66 Å². The molecule has 6 nitrogen and oxygen atoms in total. The Labute approximate surface area is 141 Å². The maximum Gasteiger partial charge on any atom is 0.285 e. The van der Waals surface area contributed by atoms with Crippen LogP contribution in [0.3, 0.4) is 0 Å². The lowest BCUT2D eigenvalue weighted by atomic mass is 10.2. The van der Waals surface area contributed by atoms with Crippen LogP contribution in [-0.2, 0) is 0 Å². The Kier molecular flexibility index (Phi) is 5.25. The SMILES string of the molecule is Cc1cn(N=Cc2ccc(Br)cc2SC(=O)N(C)C)c(N)n1. The quantitative estimate of drug-likeness (QED) is 0.654. The molecular weight excluding hydrogens is 366 g/mol. The van der Waals surface area contributed by atoms with Crippen molar-refractivity contribution < 1.29 is 4.79 Å². The van der Waals surface area contributed by atoms with Crippen LogP contribution < -0.4 is 5.73 Å². The summed E-state index contributed by atoms with van der Waals surface area (Å²) in [4.78, 5) is 18.3. The monoisotopic (exact) mass is 381 g/mol. The van der Waals surface area contributed by atoms with Gasteiger partial charge in [-0.1, -0.05) is 22.0 Å². The number of aryl methyl sites for hydroxylation is 1. The molecule has 0 aliphatic carbocycles. The van der Waals surface area contributed by atoms with Crippen LogP contribution in [0, 0.1) is 6.92 Å². The first kappa shape index (κ1) is 16.6. The number of carbonyl (C=O) groups excluding carboxylic acids is 1. The summed E-state index contributed by atoms with van der Waals surface area (Å²) in [5, 5.41) is 4.24. The van der Waals surface area contributed by atoms with Gasteiger partial charge >= 0.3 is 0 Å². The second-order valence-corrected chi connectivity index (χ2v) is 6.68. The Hall–Kier alpha value is -1.80. The maximum absolute atomic E-state index is 11.9. The number of hydrogen-bond acceptors (Lipinski definition) is 5. The van der Waals surface area contributed by atoms with Crippen molar-refractivity contribution in [2.24, 2.45) is 5.10 Å². The summed E-state index contributed by atoms with van der Waals surface area (Å²) in [7, 11) is 3.44. The first-order valence-corrected chi connectivity index (χ1v) is 8.02. The van der Waals surface area contributed by atoms with Gasteiger partial charge in [0, 0.05) is 29.0 Å². The van der Waals surface area contributed by atoms with Gasteiger partial charge in [-0.05, 0) is 30.8 Å². The van der Waals surface area contributed by atoms with Crippen LogP contribution in [-0.4, -0.2) is 40.1 Å². The molecule has 116 valence electrons. The molecule has 0 spiro atoms. The molecule has 1 aromatic heterocycles. The molecule has 8 heteroatoms. The van der Waals surface area contributed by atoms with E-state index in [1.165, 1.54) is 9.58 Å². The first-order valence-electron chi connectivity index (χ1n) is 6.41. The van der Waals surface area contributed by atoms with Gasteiger partial charge in [0.15, 0.2) is 0 Å². The van der Waals surface area contributed by atoms with E-state index < -0.39 is 0 Å². The number of thioether (sulfide) groups is 1. The van der Waals surface area contributed by atoms with E-state index in [1.807, 2.05) is 25.1 Å². The molecule has 0 unspecified atom stereocenters. The van der Waals surface area contributed by atoms with Crippen molar-refractivity contribution in [3.05, 3.63) is 40.1 Å². The van der Waals surface area contributed by atoms with E-state index in [4.69, 9.17) is 5.73 Å². The summed E-state index contributed by atoms with van der Waals surface area (Å²) in [6.45, 7) is 1.85. The molecule has 0 aliphatic heterocycles. The van der Waals surface area contributed by atoms with Crippen LogP contribution in [0.25, 0.3) is 0 Å². The van der Waals surface area contributed by atoms with Gasteiger partial charge in [0.1, 0.15) is 0 Å². The molecule has 0 aliphatic rings. The van der Waals surface area contributed by atoms with E-state index in [1.54, 1.807) is 26.5 Å². The minimum Gasteiger partial charge on any atom is -0.368 e. The van der Waals surface area contributed by atoms with Gasteiger partial charge in [0.05, 0.1) is 18.1 Å². The number of rotatable bonds is 3. The fraction of sp³-hybridized carbons (Fsp3) is 0.214. The third kappa shape index (κ3) is 4.11. The predicted octanol–water partition coefficient (Wildman–Crippen LogP) is 3.19. The third-order valence-corrected chi connectivity index (χ3v) is 4.30. The smallest absolute Gasteiger partial charge is 0.285 e. The number of hydrogen-bond donors (Lipinski definition) is 1. The molecule has 2 aromatic rings. The normalized spacial score (nSPS) is 11.1. The van der Waals surface area contributed by atoms with Crippen molar-refractivity contribution in [1.82, 2.24) is 14.6 Å². The number of amides is 1. The number of benzene rings is 1. The Balaban J connectivity index is 2.30. The first-order chi connectivity index (χ1) is 10.4. The van der Waals surface area contributed by atoms with Crippen LogP contribution in [0.15, 0.2) is 38.9 Å². The third-order valence-electron chi connectivity index (χ3n) is 2.69. The molecule has 0 saturated heterocycles. The summed E-state index contributed by atoms with van der Waals surface area (Å²) < 4.78 is 2.40. The van der Waals surface area contributed by atoms with Gasteiger partial charge in [-0.2, -0.15) is 5.10 Å². The van der Waals surface area contributed by atoms with Gasteiger partial charge in [0.25, 0.3) is 5.24 Å². The minimum absolute atomic E-state index is 0.0502. The zero-order valence-corrected chi connectivity index (χ0v) is 14.8. The number of aromatic nitrogens is 2. The summed E-state index contributed by atoms with van der Waals surface area (Å²) in [5.41, 5.74) is 7.37. The van der Waals surface area contributed by atoms with Gasteiger partial charge in [-0.15, -0.1) is 0 Å². The Morgan fingerprint density at radius 3 is 2.82 bits per heavy atom. The van der Waals surface area contributed by atoms with E-state index in [0.717, 1.165) is 32.4 Å². The fourth-order valence-corrected chi connectivity index (χ4v) is 2.92. The van der Waals surface area contributed by atoms with Gasteiger partial charge in [0.2, 0.25) is 5.95 Å². The summed E-state index contributed by atoms with van der Waals surface area (Å²) in [5.74, 6) is 0.324. The van der Waals surface area contributed by atoms with Crippen molar-refractivity contribution in [3.8, 4) is 0 Å². The molecule has 2 rings (SSSR count). The number of halogens is 1. The van der Waals surface area contributed by atoms with Crippen molar-refractivity contribution in [1.29, 1.82) is 0 Å². The Morgan fingerprint density at radius 1 is 1.50 bits per heavy atom.